The van der Waals surface area contributed by atoms with Gasteiger partial charge in [0.2, 0.25) is 20.0 Å². The Labute approximate surface area is 150 Å². The SMILES string of the molecule is CCCNCCNS(=O)(=O)c1cccc(S(=O)(=O)N2CCCCC2)c1. The lowest BCUT2D eigenvalue weighted by Gasteiger charge is -2.26. The Kier molecular flexibility index (Phi) is 7.38. The van der Waals surface area contributed by atoms with E-state index in [1.165, 1.54) is 28.6 Å². The third-order valence-electron chi connectivity index (χ3n) is 4.09. The summed E-state index contributed by atoms with van der Waals surface area (Å²) in [7, 11) is -7.38. The van der Waals surface area contributed by atoms with Crippen LogP contribution in [0.25, 0.3) is 0 Å². The second kappa shape index (κ2) is 9.09. The summed E-state index contributed by atoms with van der Waals surface area (Å²) in [4.78, 5) is 0.00228. The van der Waals surface area contributed by atoms with Gasteiger partial charge in [-0.1, -0.05) is 19.4 Å². The quantitative estimate of drug-likeness (QED) is 0.618. The van der Waals surface area contributed by atoms with Crippen LogP contribution < -0.4 is 10.0 Å². The predicted octanol–water partition coefficient (Wildman–Crippen LogP) is 1.14. The van der Waals surface area contributed by atoms with E-state index in [9.17, 15) is 16.8 Å². The van der Waals surface area contributed by atoms with Crippen molar-refractivity contribution in [1.82, 2.24) is 14.3 Å². The molecule has 0 amide bonds. The zero-order valence-electron chi connectivity index (χ0n) is 14.6. The fraction of sp³-hybridized carbons (Fsp3) is 0.625. The molecule has 1 heterocycles. The van der Waals surface area contributed by atoms with Gasteiger partial charge in [-0.2, -0.15) is 4.31 Å². The van der Waals surface area contributed by atoms with Gasteiger partial charge in [0.15, 0.2) is 0 Å². The van der Waals surface area contributed by atoms with Crippen molar-refractivity contribution in [3.05, 3.63) is 24.3 Å². The van der Waals surface area contributed by atoms with Crippen molar-refractivity contribution in [2.24, 2.45) is 0 Å². The minimum absolute atomic E-state index is 0.0268. The fourth-order valence-electron chi connectivity index (χ4n) is 2.72. The maximum atomic E-state index is 12.7. The first kappa shape index (κ1) is 20.3. The highest BCUT2D eigenvalue weighted by Crippen LogP contribution is 2.22. The van der Waals surface area contributed by atoms with Crippen LogP contribution in [0.4, 0.5) is 0 Å². The molecule has 9 heteroatoms. The van der Waals surface area contributed by atoms with Gasteiger partial charge in [0.1, 0.15) is 0 Å². The first-order valence-electron chi connectivity index (χ1n) is 8.68. The molecule has 0 bridgehead atoms. The molecule has 7 nitrogen and oxygen atoms in total. The number of hydrogen-bond acceptors (Lipinski definition) is 5. The van der Waals surface area contributed by atoms with Crippen LogP contribution in [0.15, 0.2) is 34.1 Å². The molecule has 0 unspecified atom stereocenters. The average molecular weight is 390 g/mol. The Hall–Kier alpha value is -1.00. The van der Waals surface area contributed by atoms with E-state index in [0.717, 1.165) is 32.2 Å². The lowest BCUT2D eigenvalue weighted by molar-refractivity contribution is 0.346. The summed E-state index contributed by atoms with van der Waals surface area (Å²) in [5.41, 5.74) is 0. The predicted molar refractivity (Wildman–Crippen MR) is 97.4 cm³/mol. The molecule has 2 rings (SSSR count). The highest BCUT2D eigenvalue weighted by atomic mass is 32.2. The second-order valence-electron chi connectivity index (χ2n) is 6.09. The zero-order valence-corrected chi connectivity index (χ0v) is 16.2. The Morgan fingerprint density at radius 3 is 2.32 bits per heavy atom. The Balaban J connectivity index is 2.11. The molecule has 1 fully saturated rings. The van der Waals surface area contributed by atoms with E-state index in [4.69, 9.17) is 0 Å². The number of nitrogens with zero attached hydrogens (tertiary/aromatic N) is 1. The van der Waals surface area contributed by atoms with Crippen LogP contribution in [-0.4, -0.2) is 53.9 Å². The molecular weight excluding hydrogens is 362 g/mol. The molecule has 0 saturated carbocycles. The standard InChI is InChI=1S/C16H27N3O4S2/c1-2-9-17-10-11-18-24(20,21)15-7-6-8-16(14-15)25(22,23)19-12-4-3-5-13-19/h6-8,14,17-18H,2-5,9-13H2,1H3. The van der Waals surface area contributed by atoms with Crippen molar-refractivity contribution in [3.63, 3.8) is 0 Å². The van der Waals surface area contributed by atoms with Gasteiger partial charge in [-0.05, 0) is 44.0 Å². The molecule has 0 radical (unpaired) electrons. The maximum absolute atomic E-state index is 12.7. The number of sulfonamides is 2. The largest absolute Gasteiger partial charge is 0.315 e. The molecule has 1 saturated heterocycles. The number of hydrogen-bond donors (Lipinski definition) is 2. The Bertz CT molecular complexity index is 757. The molecule has 0 spiro atoms. The van der Waals surface area contributed by atoms with Gasteiger partial charge in [0.05, 0.1) is 9.79 Å². The number of benzene rings is 1. The van der Waals surface area contributed by atoms with E-state index in [2.05, 4.69) is 10.0 Å². The van der Waals surface area contributed by atoms with Crippen molar-refractivity contribution < 1.29 is 16.8 Å². The number of nitrogens with one attached hydrogen (secondary N) is 2. The summed E-state index contributed by atoms with van der Waals surface area (Å²) in [5, 5.41) is 3.11. The van der Waals surface area contributed by atoms with Crippen molar-refractivity contribution in [2.45, 2.75) is 42.4 Å². The van der Waals surface area contributed by atoms with Crippen LogP contribution in [0.1, 0.15) is 32.6 Å². The Morgan fingerprint density at radius 1 is 0.960 bits per heavy atom. The van der Waals surface area contributed by atoms with Crippen LogP contribution in [0.3, 0.4) is 0 Å². The van der Waals surface area contributed by atoms with Crippen molar-refractivity contribution in [2.75, 3.05) is 32.7 Å². The highest BCUT2D eigenvalue weighted by molar-refractivity contribution is 7.90. The molecule has 1 aromatic carbocycles. The minimum atomic E-state index is -3.73. The van der Waals surface area contributed by atoms with Gasteiger partial charge in [0.25, 0.3) is 0 Å². The maximum Gasteiger partial charge on any atom is 0.243 e. The normalized spacial score (nSPS) is 16.8. The van der Waals surface area contributed by atoms with E-state index < -0.39 is 20.0 Å². The molecule has 1 aliphatic rings. The first-order chi connectivity index (χ1) is 11.9. The highest BCUT2D eigenvalue weighted by Gasteiger charge is 2.27. The summed E-state index contributed by atoms with van der Waals surface area (Å²) in [5.74, 6) is 0. The summed E-state index contributed by atoms with van der Waals surface area (Å²) < 4.78 is 54.1. The molecule has 0 aromatic heterocycles. The molecule has 0 atom stereocenters. The van der Waals surface area contributed by atoms with E-state index in [1.54, 1.807) is 0 Å². The molecular formula is C16H27N3O4S2. The van der Waals surface area contributed by atoms with E-state index in [0.29, 0.717) is 19.6 Å². The van der Waals surface area contributed by atoms with Crippen LogP contribution in [0, 0.1) is 0 Å². The van der Waals surface area contributed by atoms with E-state index in [-0.39, 0.29) is 16.3 Å². The van der Waals surface area contributed by atoms with Gasteiger partial charge < -0.3 is 5.32 Å². The molecule has 2 N–H and O–H groups in total. The van der Waals surface area contributed by atoms with Crippen molar-refractivity contribution >= 4 is 20.0 Å². The van der Waals surface area contributed by atoms with E-state index in [1.807, 2.05) is 6.92 Å². The van der Waals surface area contributed by atoms with Gasteiger partial charge in [0, 0.05) is 26.2 Å². The van der Waals surface area contributed by atoms with Gasteiger partial charge >= 0.3 is 0 Å². The summed E-state index contributed by atoms with van der Waals surface area (Å²) >= 11 is 0. The third-order valence-corrected chi connectivity index (χ3v) is 7.44. The van der Waals surface area contributed by atoms with Crippen molar-refractivity contribution in [3.8, 4) is 0 Å². The number of piperidine rings is 1. The number of rotatable bonds is 9. The van der Waals surface area contributed by atoms with Gasteiger partial charge in [-0.15, -0.1) is 0 Å². The lowest BCUT2D eigenvalue weighted by atomic mass is 10.2. The summed E-state index contributed by atoms with van der Waals surface area (Å²) in [6.07, 6.45) is 3.67. The van der Waals surface area contributed by atoms with Crippen LogP contribution in [0.2, 0.25) is 0 Å². The van der Waals surface area contributed by atoms with Crippen molar-refractivity contribution in [1.29, 1.82) is 0 Å². The zero-order chi connectivity index (χ0) is 18.3. The van der Waals surface area contributed by atoms with Crippen LogP contribution >= 0.6 is 0 Å². The molecule has 1 aromatic rings. The monoisotopic (exact) mass is 389 g/mol. The molecule has 1 aliphatic heterocycles. The molecule has 0 aliphatic carbocycles. The molecule has 25 heavy (non-hydrogen) atoms. The average Bonchev–Trinajstić information content (AvgIpc) is 2.62. The fourth-order valence-corrected chi connectivity index (χ4v) is 5.43. The van der Waals surface area contributed by atoms with Crippen LogP contribution in [0.5, 0.6) is 0 Å². The Morgan fingerprint density at radius 2 is 1.64 bits per heavy atom. The van der Waals surface area contributed by atoms with Crippen LogP contribution in [-0.2, 0) is 20.0 Å². The van der Waals surface area contributed by atoms with Gasteiger partial charge in [-0.25, -0.2) is 21.6 Å². The summed E-state index contributed by atoms with van der Waals surface area (Å²) in [6.45, 7) is 4.61. The van der Waals surface area contributed by atoms with E-state index >= 15 is 0 Å². The first-order valence-corrected chi connectivity index (χ1v) is 11.6. The third kappa shape index (κ3) is 5.49. The smallest absolute Gasteiger partial charge is 0.243 e. The lowest BCUT2D eigenvalue weighted by Crippen LogP contribution is -2.36. The minimum Gasteiger partial charge on any atom is -0.315 e. The summed E-state index contributed by atoms with van der Waals surface area (Å²) in [6, 6.07) is 5.58. The molecule has 142 valence electrons. The topological polar surface area (TPSA) is 95.6 Å². The second-order valence-corrected chi connectivity index (χ2v) is 9.79. The van der Waals surface area contributed by atoms with Gasteiger partial charge in [-0.3, -0.25) is 0 Å².